The SMILES string of the molecule is [C-]#[N+][C@H]1CCN(CC2(COc3nc(N4CC5CCC(C4)N5)c4cc(F)c(-c5cc(O)cc6cccc(C#C)c56)c(F)c4n3)CC2)C1. The molecule has 10 heteroatoms. The second kappa shape index (κ2) is 11.1. The summed E-state index contributed by atoms with van der Waals surface area (Å²) < 4.78 is 39.4. The molecular formula is C36H34F2N6O2. The number of likely N-dealkylation sites (tertiary alicyclic amines) is 1. The highest BCUT2D eigenvalue weighted by atomic mass is 19.1. The van der Waals surface area contributed by atoms with Crippen LogP contribution in [0.1, 0.15) is 37.7 Å². The van der Waals surface area contributed by atoms with Gasteiger partial charge in [0.2, 0.25) is 6.04 Å². The van der Waals surface area contributed by atoms with Crippen LogP contribution in [0, 0.1) is 36.0 Å². The van der Waals surface area contributed by atoms with E-state index >= 15 is 8.78 Å². The summed E-state index contributed by atoms with van der Waals surface area (Å²) in [5.41, 5.74) is 0.215. The molecule has 4 aromatic rings. The number of aromatic nitrogens is 2. The third-order valence-corrected chi connectivity index (χ3v) is 10.2. The summed E-state index contributed by atoms with van der Waals surface area (Å²) in [6.07, 6.45) is 10.8. The molecular weight excluding hydrogens is 586 g/mol. The Morgan fingerprint density at radius 3 is 2.63 bits per heavy atom. The van der Waals surface area contributed by atoms with E-state index in [-0.39, 0.29) is 57.3 Å². The molecule has 3 saturated heterocycles. The Bertz CT molecular complexity index is 1950. The molecule has 46 heavy (non-hydrogen) atoms. The maximum atomic E-state index is 16.9. The van der Waals surface area contributed by atoms with Crippen molar-refractivity contribution in [2.75, 3.05) is 44.2 Å². The standard InChI is InChI=1S/C36H34F2N6O2/c1-3-21-5-4-6-22-13-26(45)14-27(30(21)22)31-29(37)15-28-33(32(31)38)41-35(42-34(28)44-17-24-7-8-25(18-44)40-24)46-20-36(10-11-36)19-43-12-9-23(16-43)39-2/h1,4-6,13-15,23-25,40,45H,7-12,16-20H2/t23-,24?,25?/m0/s1. The molecule has 8 rings (SSSR count). The Labute approximate surface area is 266 Å². The van der Waals surface area contributed by atoms with Crippen LogP contribution >= 0.6 is 0 Å². The van der Waals surface area contributed by atoms with Crippen molar-refractivity contribution in [3.8, 4) is 35.2 Å². The largest absolute Gasteiger partial charge is 0.508 e. The predicted molar refractivity (Wildman–Crippen MR) is 173 cm³/mol. The molecule has 1 aliphatic carbocycles. The fourth-order valence-corrected chi connectivity index (χ4v) is 7.69. The Balaban J connectivity index is 1.22. The van der Waals surface area contributed by atoms with E-state index < -0.39 is 11.6 Å². The van der Waals surface area contributed by atoms with Gasteiger partial charge in [-0.3, -0.25) is 4.90 Å². The molecule has 2 unspecified atom stereocenters. The average Bonchev–Trinajstić information content (AvgIpc) is 3.52. The van der Waals surface area contributed by atoms with Crippen molar-refractivity contribution in [3.63, 3.8) is 0 Å². The first-order valence-corrected chi connectivity index (χ1v) is 16.0. The van der Waals surface area contributed by atoms with Crippen molar-refractivity contribution in [1.29, 1.82) is 0 Å². The molecule has 3 aromatic carbocycles. The first-order chi connectivity index (χ1) is 22.3. The van der Waals surface area contributed by atoms with E-state index in [0.717, 1.165) is 51.7 Å². The molecule has 4 aliphatic rings. The molecule has 234 valence electrons. The number of phenolic OH excluding ortho intramolecular Hbond substituents is 1. The number of nitrogens with zero attached hydrogens (tertiary/aromatic N) is 5. The molecule has 3 aliphatic heterocycles. The van der Waals surface area contributed by atoms with E-state index in [1.807, 2.05) is 0 Å². The van der Waals surface area contributed by atoms with Gasteiger partial charge in [0.15, 0.2) is 5.82 Å². The lowest BCUT2D eigenvalue weighted by Crippen LogP contribution is -2.51. The predicted octanol–water partition coefficient (Wildman–Crippen LogP) is 5.51. The quantitative estimate of drug-likeness (QED) is 0.209. The van der Waals surface area contributed by atoms with Crippen LogP contribution in [0.3, 0.4) is 0 Å². The molecule has 8 nitrogen and oxygen atoms in total. The van der Waals surface area contributed by atoms with Gasteiger partial charge in [-0.2, -0.15) is 9.97 Å². The molecule has 0 radical (unpaired) electrons. The smallest absolute Gasteiger partial charge is 0.319 e. The molecule has 2 bridgehead atoms. The highest BCUT2D eigenvalue weighted by molar-refractivity contribution is 6.04. The Kier molecular flexibility index (Phi) is 6.97. The van der Waals surface area contributed by atoms with Gasteiger partial charge < -0.3 is 24.9 Å². The number of piperazine rings is 1. The maximum Gasteiger partial charge on any atom is 0.319 e. The fourth-order valence-electron chi connectivity index (χ4n) is 7.69. The molecule has 0 spiro atoms. The highest BCUT2D eigenvalue weighted by Gasteiger charge is 2.46. The third-order valence-electron chi connectivity index (χ3n) is 10.2. The molecule has 4 fully saturated rings. The lowest BCUT2D eigenvalue weighted by molar-refractivity contribution is 0.170. The maximum absolute atomic E-state index is 16.9. The van der Waals surface area contributed by atoms with Crippen molar-refractivity contribution in [2.24, 2.45) is 5.41 Å². The minimum atomic E-state index is -0.858. The van der Waals surface area contributed by atoms with Gasteiger partial charge in [0.05, 0.1) is 18.7 Å². The van der Waals surface area contributed by atoms with Crippen LogP contribution < -0.4 is 15.0 Å². The first kappa shape index (κ1) is 28.9. The number of ether oxygens (including phenoxy) is 1. The van der Waals surface area contributed by atoms with E-state index in [0.29, 0.717) is 41.9 Å². The van der Waals surface area contributed by atoms with Gasteiger partial charge in [0.25, 0.3) is 0 Å². The van der Waals surface area contributed by atoms with Crippen LogP contribution in [0.5, 0.6) is 11.8 Å². The summed E-state index contributed by atoms with van der Waals surface area (Å²) >= 11 is 0. The summed E-state index contributed by atoms with van der Waals surface area (Å²) in [6.45, 7) is 11.6. The van der Waals surface area contributed by atoms with Crippen molar-refractivity contribution < 1.29 is 18.6 Å². The second-order valence-electron chi connectivity index (χ2n) is 13.5. The summed E-state index contributed by atoms with van der Waals surface area (Å²) in [5.74, 6) is 1.29. The normalized spacial score (nSPS) is 23.5. The van der Waals surface area contributed by atoms with Crippen molar-refractivity contribution in [1.82, 2.24) is 20.2 Å². The molecule has 1 saturated carbocycles. The van der Waals surface area contributed by atoms with Gasteiger partial charge in [-0.25, -0.2) is 15.4 Å². The fraction of sp³-hybridized carbons (Fsp3) is 0.417. The number of fused-ring (bicyclic) bond motifs is 4. The second-order valence-corrected chi connectivity index (χ2v) is 13.5. The van der Waals surface area contributed by atoms with E-state index in [2.05, 4.69) is 30.9 Å². The third kappa shape index (κ3) is 5.06. The number of phenols is 1. The summed E-state index contributed by atoms with van der Waals surface area (Å²) in [4.78, 5) is 17.5. The number of terminal acetylenes is 1. The zero-order chi connectivity index (χ0) is 31.6. The Morgan fingerprint density at radius 2 is 1.91 bits per heavy atom. The van der Waals surface area contributed by atoms with E-state index in [9.17, 15) is 5.11 Å². The molecule has 2 N–H and O–H groups in total. The van der Waals surface area contributed by atoms with Crippen molar-refractivity contribution in [2.45, 2.75) is 50.2 Å². The number of halogens is 2. The number of rotatable bonds is 7. The zero-order valence-corrected chi connectivity index (χ0v) is 25.4. The van der Waals surface area contributed by atoms with E-state index in [1.165, 1.54) is 18.2 Å². The van der Waals surface area contributed by atoms with Gasteiger partial charge in [0, 0.05) is 72.0 Å². The Morgan fingerprint density at radius 1 is 1.11 bits per heavy atom. The number of benzene rings is 3. The number of hydrogen-bond acceptors (Lipinski definition) is 7. The van der Waals surface area contributed by atoms with Crippen LogP contribution in [0.25, 0.3) is 37.6 Å². The van der Waals surface area contributed by atoms with Crippen molar-refractivity contribution in [3.05, 3.63) is 65.0 Å². The lowest BCUT2D eigenvalue weighted by Gasteiger charge is -2.34. The highest BCUT2D eigenvalue weighted by Crippen LogP contribution is 2.47. The number of aromatic hydroxyl groups is 1. The monoisotopic (exact) mass is 620 g/mol. The minimum Gasteiger partial charge on any atom is -0.508 e. The molecule has 1 aromatic heterocycles. The van der Waals surface area contributed by atoms with Crippen LogP contribution in [-0.2, 0) is 0 Å². The number of nitrogens with one attached hydrogen (secondary N) is 1. The number of hydrogen-bond donors (Lipinski definition) is 2. The first-order valence-electron chi connectivity index (χ1n) is 16.0. The van der Waals surface area contributed by atoms with Gasteiger partial charge in [-0.05, 0) is 55.3 Å². The van der Waals surface area contributed by atoms with Gasteiger partial charge in [0.1, 0.15) is 22.9 Å². The Hall–Kier alpha value is -4.51. The summed E-state index contributed by atoms with van der Waals surface area (Å²) in [5, 5.41) is 15.5. The summed E-state index contributed by atoms with van der Waals surface area (Å²) in [6, 6.07) is 10.0. The molecule has 3 atom stereocenters. The van der Waals surface area contributed by atoms with Crippen LogP contribution in [0.2, 0.25) is 0 Å². The minimum absolute atomic E-state index is 0.0405. The zero-order valence-electron chi connectivity index (χ0n) is 25.4. The van der Waals surface area contributed by atoms with Gasteiger partial charge >= 0.3 is 6.01 Å². The summed E-state index contributed by atoms with van der Waals surface area (Å²) in [7, 11) is 0. The van der Waals surface area contributed by atoms with Crippen LogP contribution in [0.4, 0.5) is 14.6 Å². The average molecular weight is 621 g/mol. The van der Waals surface area contributed by atoms with Crippen LogP contribution in [-0.4, -0.2) is 77.4 Å². The van der Waals surface area contributed by atoms with Gasteiger partial charge in [-0.1, -0.05) is 18.1 Å². The lowest BCUT2D eigenvalue weighted by atomic mass is 9.93. The van der Waals surface area contributed by atoms with Crippen molar-refractivity contribution >= 4 is 27.5 Å². The van der Waals surface area contributed by atoms with Crippen LogP contribution in [0.15, 0.2) is 36.4 Å². The van der Waals surface area contributed by atoms with Gasteiger partial charge in [-0.15, -0.1) is 6.42 Å². The molecule has 0 amide bonds. The van der Waals surface area contributed by atoms with E-state index in [1.54, 1.807) is 18.2 Å². The van der Waals surface area contributed by atoms with E-state index in [4.69, 9.17) is 22.7 Å². The molecule has 4 heterocycles. The number of anilines is 1. The topological polar surface area (TPSA) is 78.1 Å².